The van der Waals surface area contributed by atoms with Crippen molar-refractivity contribution in [3.8, 4) is 11.4 Å². The van der Waals surface area contributed by atoms with Crippen LogP contribution >= 0.6 is 0 Å². The van der Waals surface area contributed by atoms with Crippen LogP contribution in [0.4, 0.5) is 0 Å². The van der Waals surface area contributed by atoms with Gasteiger partial charge in [0.15, 0.2) is 0 Å². The van der Waals surface area contributed by atoms with E-state index in [1.165, 1.54) is 12.8 Å². The van der Waals surface area contributed by atoms with Crippen molar-refractivity contribution in [3.63, 3.8) is 0 Å². The molecule has 4 heteroatoms. The molecule has 0 aliphatic heterocycles. The lowest BCUT2D eigenvalue weighted by atomic mass is 10.3. The average Bonchev–Trinajstić information content (AvgIpc) is 2.92. The quantitative estimate of drug-likeness (QED) is 0.760. The van der Waals surface area contributed by atoms with Crippen LogP contribution in [0, 0.1) is 0 Å². The van der Waals surface area contributed by atoms with Gasteiger partial charge in [-0.2, -0.15) is 0 Å². The van der Waals surface area contributed by atoms with E-state index in [1.807, 2.05) is 30.5 Å². The Hall–Kier alpha value is -1.84. The van der Waals surface area contributed by atoms with Gasteiger partial charge in [-0.1, -0.05) is 5.21 Å². The fourth-order valence-corrected chi connectivity index (χ4v) is 1.40. The number of hydrogen-bond donors (Lipinski definition) is 0. The minimum atomic E-state index is 0.447. The Morgan fingerprint density at radius 1 is 1.20 bits per heavy atom. The minimum Gasteiger partial charge on any atom is -0.490 e. The summed E-state index contributed by atoms with van der Waals surface area (Å²) in [6.45, 7) is 0. The topological polar surface area (TPSA) is 39.9 Å². The zero-order valence-corrected chi connectivity index (χ0v) is 8.21. The molecule has 0 N–H and O–H groups in total. The summed E-state index contributed by atoms with van der Waals surface area (Å²) in [5, 5.41) is 7.68. The number of ether oxygens (including phenoxy) is 1. The molecule has 0 bridgehead atoms. The highest BCUT2D eigenvalue weighted by atomic mass is 16.5. The van der Waals surface area contributed by atoms with E-state index in [1.54, 1.807) is 10.9 Å². The third kappa shape index (κ3) is 1.83. The highest BCUT2D eigenvalue weighted by Gasteiger charge is 2.23. The second-order valence-electron chi connectivity index (χ2n) is 3.66. The lowest BCUT2D eigenvalue weighted by molar-refractivity contribution is 0.303. The van der Waals surface area contributed by atoms with Gasteiger partial charge in [-0.15, -0.1) is 5.10 Å². The number of aromatic nitrogens is 3. The first kappa shape index (κ1) is 8.47. The van der Waals surface area contributed by atoms with E-state index in [2.05, 4.69) is 10.3 Å². The van der Waals surface area contributed by atoms with Crippen molar-refractivity contribution < 1.29 is 4.74 Å². The molecule has 0 amide bonds. The largest absolute Gasteiger partial charge is 0.490 e. The summed E-state index contributed by atoms with van der Waals surface area (Å²) < 4.78 is 7.38. The van der Waals surface area contributed by atoms with Crippen LogP contribution in [0.2, 0.25) is 0 Å². The van der Waals surface area contributed by atoms with E-state index in [0.717, 1.165) is 11.4 Å². The maximum atomic E-state index is 5.65. The van der Waals surface area contributed by atoms with Gasteiger partial charge < -0.3 is 4.74 Å². The zero-order chi connectivity index (χ0) is 10.1. The van der Waals surface area contributed by atoms with Gasteiger partial charge in [-0.25, -0.2) is 4.68 Å². The lowest BCUT2D eigenvalue weighted by Crippen LogP contribution is -1.97. The first-order valence-electron chi connectivity index (χ1n) is 5.05. The van der Waals surface area contributed by atoms with Gasteiger partial charge in [-0.3, -0.25) is 0 Å². The molecule has 1 fully saturated rings. The standard InChI is InChI=1S/C11H11N3O/c1-3-10(15-11-5-6-11)4-2-9(1)14-8-7-12-13-14/h1-4,7-8,11H,5-6H2. The van der Waals surface area contributed by atoms with Gasteiger partial charge >= 0.3 is 0 Å². The van der Waals surface area contributed by atoms with Crippen LogP contribution < -0.4 is 4.74 Å². The average molecular weight is 201 g/mol. The molecule has 1 saturated carbocycles. The van der Waals surface area contributed by atoms with Crippen LogP contribution in [-0.2, 0) is 0 Å². The summed E-state index contributed by atoms with van der Waals surface area (Å²) in [5.74, 6) is 0.932. The van der Waals surface area contributed by atoms with Crippen LogP contribution in [0.1, 0.15) is 12.8 Å². The van der Waals surface area contributed by atoms with Crippen LogP contribution in [-0.4, -0.2) is 21.1 Å². The zero-order valence-electron chi connectivity index (χ0n) is 8.21. The van der Waals surface area contributed by atoms with Crippen molar-refractivity contribution in [2.24, 2.45) is 0 Å². The van der Waals surface area contributed by atoms with Crippen molar-refractivity contribution in [1.29, 1.82) is 0 Å². The molecule has 1 aliphatic rings. The molecule has 4 nitrogen and oxygen atoms in total. The van der Waals surface area contributed by atoms with Crippen molar-refractivity contribution in [3.05, 3.63) is 36.7 Å². The fraction of sp³-hybridized carbons (Fsp3) is 0.273. The van der Waals surface area contributed by atoms with Crippen molar-refractivity contribution in [2.45, 2.75) is 18.9 Å². The molecule has 0 spiro atoms. The Morgan fingerprint density at radius 2 is 2.00 bits per heavy atom. The molecule has 0 radical (unpaired) electrons. The summed E-state index contributed by atoms with van der Waals surface area (Å²) in [7, 11) is 0. The van der Waals surface area contributed by atoms with Crippen molar-refractivity contribution in [2.75, 3.05) is 0 Å². The van der Waals surface area contributed by atoms with E-state index in [9.17, 15) is 0 Å². The van der Waals surface area contributed by atoms with Crippen LogP contribution in [0.15, 0.2) is 36.7 Å². The molecule has 0 unspecified atom stereocenters. The number of hydrogen-bond acceptors (Lipinski definition) is 3. The highest BCUT2D eigenvalue weighted by Crippen LogP contribution is 2.26. The Balaban J connectivity index is 1.80. The molecule has 0 atom stereocenters. The van der Waals surface area contributed by atoms with Gasteiger partial charge in [0.05, 0.1) is 24.2 Å². The molecular weight excluding hydrogens is 190 g/mol. The molecule has 15 heavy (non-hydrogen) atoms. The normalized spacial score (nSPS) is 15.2. The fourth-order valence-electron chi connectivity index (χ4n) is 1.40. The monoisotopic (exact) mass is 201 g/mol. The van der Waals surface area contributed by atoms with Crippen LogP contribution in [0.25, 0.3) is 5.69 Å². The second kappa shape index (κ2) is 3.38. The van der Waals surface area contributed by atoms with E-state index in [-0.39, 0.29) is 0 Å². The first-order valence-corrected chi connectivity index (χ1v) is 5.05. The molecule has 3 rings (SSSR count). The van der Waals surface area contributed by atoms with Gasteiger partial charge in [-0.05, 0) is 37.1 Å². The molecular formula is C11H11N3O. The van der Waals surface area contributed by atoms with E-state index < -0.39 is 0 Å². The van der Waals surface area contributed by atoms with Gasteiger partial charge in [0.25, 0.3) is 0 Å². The molecule has 1 heterocycles. The third-order valence-corrected chi connectivity index (χ3v) is 2.35. The Morgan fingerprint density at radius 3 is 2.60 bits per heavy atom. The Kier molecular flexibility index (Phi) is 1.91. The smallest absolute Gasteiger partial charge is 0.119 e. The lowest BCUT2D eigenvalue weighted by Gasteiger charge is -2.05. The van der Waals surface area contributed by atoms with E-state index >= 15 is 0 Å². The Labute approximate surface area is 87.5 Å². The number of nitrogens with zero attached hydrogens (tertiary/aromatic N) is 3. The predicted octanol–water partition coefficient (Wildman–Crippen LogP) is 1.81. The van der Waals surface area contributed by atoms with Crippen LogP contribution in [0.5, 0.6) is 5.75 Å². The van der Waals surface area contributed by atoms with Crippen molar-refractivity contribution in [1.82, 2.24) is 15.0 Å². The van der Waals surface area contributed by atoms with Gasteiger partial charge in [0.1, 0.15) is 5.75 Å². The molecule has 1 aromatic carbocycles. The number of rotatable bonds is 3. The molecule has 2 aromatic rings. The van der Waals surface area contributed by atoms with Crippen molar-refractivity contribution >= 4 is 0 Å². The van der Waals surface area contributed by atoms with Crippen LogP contribution in [0.3, 0.4) is 0 Å². The molecule has 1 aromatic heterocycles. The maximum Gasteiger partial charge on any atom is 0.119 e. The Bertz CT molecular complexity index is 431. The summed E-state index contributed by atoms with van der Waals surface area (Å²) >= 11 is 0. The van der Waals surface area contributed by atoms with E-state index in [4.69, 9.17) is 4.74 Å². The maximum absolute atomic E-state index is 5.65. The van der Waals surface area contributed by atoms with Gasteiger partial charge in [0, 0.05) is 0 Å². The highest BCUT2D eigenvalue weighted by molar-refractivity contribution is 5.36. The molecule has 0 saturated heterocycles. The summed E-state index contributed by atoms with van der Waals surface area (Å²) in [6, 6.07) is 7.89. The summed E-state index contributed by atoms with van der Waals surface area (Å²) in [5.41, 5.74) is 0.996. The summed E-state index contributed by atoms with van der Waals surface area (Å²) in [6.07, 6.45) is 6.29. The minimum absolute atomic E-state index is 0.447. The predicted molar refractivity (Wildman–Crippen MR) is 55.0 cm³/mol. The summed E-state index contributed by atoms with van der Waals surface area (Å²) in [4.78, 5) is 0. The second-order valence-corrected chi connectivity index (χ2v) is 3.66. The molecule has 76 valence electrons. The third-order valence-electron chi connectivity index (χ3n) is 2.35. The molecule has 1 aliphatic carbocycles. The number of benzene rings is 1. The first-order chi connectivity index (χ1) is 7.42. The van der Waals surface area contributed by atoms with E-state index in [0.29, 0.717) is 6.10 Å². The SMILES string of the molecule is c1cn(-c2ccc(OC3CC3)cc2)nn1. The van der Waals surface area contributed by atoms with Gasteiger partial charge in [0.2, 0.25) is 0 Å².